The molecule has 0 bridgehead atoms. The van der Waals surface area contributed by atoms with Crippen molar-refractivity contribution in [2.45, 2.75) is 38.6 Å². The van der Waals surface area contributed by atoms with E-state index in [9.17, 15) is 14.7 Å². The highest BCUT2D eigenvalue weighted by atomic mass is 16.5. The number of fused-ring (bicyclic) bond motifs is 5. The molecule has 27 heavy (non-hydrogen) atoms. The van der Waals surface area contributed by atoms with Crippen LogP contribution >= 0.6 is 0 Å². The van der Waals surface area contributed by atoms with Gasteiger partial charge in [0.25, 0.3) is 0 Å². The molecular weight excluding hydrogens is 346 g/mol. The van der Waals surface area contributed by atoms with Gasteiger partial charge < -0.3 is 19.1 Å². The summed E-state index contributed by atoms with van der Waals surface area (Å²) in [6.45, 7) is 1.95. The molecule has 0 amide bonds. The minimum atomic E-state index is -1.19. The zero-order valence-corrected chi connectivity index (χ0v) is 15.0. The largest absolute Gasteiger partial charge is 0.490 e. The topological polar surface area (TPSA) is 77.8 Å². The lowest BCUT2D eigenvalue weighted by Crippen LogP contribution is -2.22. The van der Waals surface area contributed by atoms with Gasteiger partial charge in [-0.15, -0.1) is 0 Å². The van der Waals surface area contributed by atoms with E-state index in [0.29, 0.717) is 19.8 Å². The molecule has 6 nitrogen and oxygen atoms in total. The molecule has 6 heteroatoms. The van der Waals surface area contributed by atoms with Crippen LogP contribution in [-0.4, -0.2) is 28.9 Å². The molecule has 1 aromatic heterocycles. The van der Waals surface area contributed by atoms with Crippen LogP contribution in [0.2, 0.25) is 0 Å². The molecule has 3 aliphatic rings. The Balaban J connectivity index is 1.58. The van der Waals surface area contributed by atoms with E-state index >= 15 is 0 Å². The molecule has 0 atom stereocenters. The SMILES string of the molecule is O=C(O)c1cn2c(cc1=O)-c1c(cc(OCCC3CC3)c3c1CCO3)CC2. The highest BCUT2D eigenvalue weighted by molar-refractivity contribution is 5.88. The van der Waals surface area contributed by atoms with Crippen molar-refractivity contribution in [3.8, 4) is 22.8 Å². The summed E-state index contributed by atoms with van der Waals surface area (Å²) in [4.78, 5) is 23.6. The van der Waals surface area contributed by atoms with E-state index in [1.54, 1.807) is 0 Å². The van der Waals surface area contributed by atoms with Gasteiger partial charge >= 0.3 is 5.97 Å². The maximum atomic E-state index is 12.3. The van der Waals surface area contributed by atoms with E-state index in [1.807, 2.05) is 10.6 Å². The summed E-state index contributed by atoms with van der Waals surface area (Å²) in [7, 11) is 0. The molecular formula is C21H21NO5. The molecule has 0 radical (unpaired) electrons. The smallest absolute Gasteiger partial charge is 0.341 e. The third-order valence-electron chi connectivity index (χ3n) is 5.74. The van der Waals surface area contributed by atoms with Crippen molar-refractivity contribution in [2.75, 3.05) is 13.2 Å². The Hall–Kier alpha value is -2.76. The van der Waals surface area contributed by atoms with Crippen LogP contribution in [0, 0.1) is 5.92 Å². The molecule has 5 rings (SSSR count). The van der Waals surface area contributed by atoms with Crippen LogP contribution in [0.25, 0.3) is 11.3 Å². The van der Waals surface area contributed by atoms with Gasteiger partial charge in [-0.2, -0.15) is 0 Å². The van der Waals surface area contributed by atoms with E-state index in [1.165, 1.54) is 25.1 Å². The van der Waals surface area contributed by atoms with Gasteiger partial charge in [-0.1, -0.05) is 12.8 Å². The molecule has 0 spiro atoms. The number of aromatic carboxylic acids is 1. The number of nitrogens with zero attached hydrogens (tertiary/aromatic N) is 1. The Morgan fingerprint density at radius 2 is 2.15 bits per heavy atom. The van der Waals surface area contributed by atoms with Crippen molar-refractivity contribution in [1.82, 2.24) is 4.57 Å². The summed E-state index contributed by atoms with van der Waals surface area (Å²) in [5.74, 6) is 1.22. The fourth-order valence-corrected chi connectivity index (χ4v) is 4.15. The number of rotatable bonds is 5. The summed E-state index contributed by atoms with van der Waals surface area (Å²) in [5, 5.41) is 9.23. The van der Waals surface area contributed by atoms with Crippen LogP contribution in [0.1, 0.15) is 40.7 Å². The maximum Gasteiger partial charge on any atom is 0.341 e. The molecule has 1 saturated carbocycles. The molecule has 140 valence electrons. The second-order valence-electron chi connectivity index (χ2n) is 7.58. The van der Waals surface area contributed by atoms with Crippen LogP contribution in [0.15, 0.2) is 23.1 Å². The minimum Gasteiger partial charge on any atom is -0.490 e. The Morgan fingerprint density at radius 1 is 1.30 bits per heavy atom. The van der Waals surface area contributed by atoms with Gasteiger partial charge in [0.2, 0.25) is 0 Å². The van der Waals surface area contributed by atoms with E-state index in [2.05, 4.69) is 0 Å². The Bertz CT molecular complexity index is 1000. The molecule has 3 heterocycles. The fraction of sp³-hybridized carbons (Fsp3) is 0.429. The first-order valence-corrected chi connectivity index (χ1v) is 9.54. The van der Waals surface area contributed by atoms with Crippen LogP contribution in [0.3, 0.4) is 0 Å². The average molecular weight is 367 g/mol. The Labute approximate surface area is 156 Å². The second kappa shape index (κ2) is 6.15. The summed E-state index contributed by atoms with van der Waals surface area (Å²) in [5.41, 5.74) is 3.36. The highest BCUT2D eigenvalue weighted by Crippen LogP contribution is 2.46. The third kappa shape index (κ3) is 2.80. The van der Waals surface area contributed by atoms with Crippen molar-refractivity contribution in [3.05, 3.63) is 45.2 Å². The number of pyridine rings is 1. The van der Waals surface area contributed by atoms with Crippen LogP contribution in [0.5, 0.6) is 11.5 Å². The monoisotopic (exact) mass is 367 g/mol. The standard InChI is InChI=1S/C21H21NO5/c23-17-10-16-19-13(3-6-22(16)11-15(17)21(24)25)9-18(20-14(19)5-8-27-20)26-7-4-12-1-2-12/h9-12H,1-8H2,(H,24,25). The molecule has 2 aliphatic heterocycles. The van der Waals surface area contributed by atoms with Gasteiger partial charge in [0, 0.05) is 36.4 Å². The summed E-state index contributed by atoms with van der Waals surface area (Å²) >= 11 is 0. The first-order chi connectivity index (χ1) is 13.1. The van der Waals surface area contributed by atoms with Gasteiger partial charge in [-0.05, 0) is 30.4 Å². The fourth-order valence-electron chi connectivity index (χ4n) is 4.15. The van der Waals surface area contributed by atoms with Crippen molar-refractivity contribution < 1.29 is 19.4 Å². The predicted molar refractivity (Wildman–Crippen MR) is 98.8 cm³/mol. The number of carbonyl (C=O) groups is 1. The number of aromatic nitrogens is 1. The van der Waals surface area contributed by atoms with Gasteiger partial charge in [-0.25, -0.2) is 4.79 Å². The van der Waals surface area contributed by atoms with Crippen molar-refractivity contribution >= 4 is 5.97 Å². The molecule has 1 aliphatic carbocycles. The Morgan fingerprint density at radius 3 is 2.93 bits per heavy atom. The van der Waals surface area contributed by atoms with Crippen molar-refractivity contribution in [3.63, 3.8) is 0 Å². The Kier molecular flexibility index (Phi) is 3.74. The van der Waals surface area contributed by atoms with Crippen molar-refractivity contribution in [2.24, 2.45) is 5.92 Å². The number of ether oxygens (including phenoxy) is 2. The van der Waals surface area contributed by atoms with E-state index < -0.39 is 11.4 Å². The van der Waals surface area contributed by atoms with E-state index in [0.717, 1.165) is 59.1 Å². The maximum absolute atomic E-state index is 12.3. The number of aryl methyl sites for hydroxylation is 2. The van der Waals surface area contributed by atoms with Gasteiger partial charge in [-0.3, -0.25) is 4.79 Å². The van der Waals surface area contributed by atoms with Crippen LogP contribution < -0.4 is 14.9 Å². The molecule has 1 fully saturated rings. The van der Waals surface area contributed by atoms with Crippen LogP contribution in [0.4, 0.5) is 0 Å². The summed E-state index contributed by atoms with van der Waals surface area (Å²) < 4.78 is 13.8. The van der Waals surface area contributed by atoms with Gasteiger partial charge in [0.05, 0.1) is 18.9 Å². The number of hydrogen-bond acceptors (Lipinski definition) is 4. The van der Waals surface area contributed by atoms with Gasteiger partial charge in [0.1, 0.15) is 5.56 Å². The zero-order chi connectivity index (χ0) is 18.5. The van der Waals surface area contributed by atoms with Crippen molar-refractivity contribution in [1.29, 1.82) is 0 Å². The number of benzene rings is 1. The third-order valence-corrected chi connectivity index (χ3v) is 5.74. The van der Waals surface area contributed by atoms with E-state index in [4.69, 9.17) is 9.47 Å². The zero-order valence-electron chi connectivity index (χ0n) is 15.0. The lowest BCUT2D eigenvalue weighted by Gasteiger charge is -2.25. The molecule has 0 saturated heterocycles. The molecule has 1 aromatic carbocycles. The quantitative estimate of drug-likeness (QED) is 0.879. The minimum absolute atomic E-state index is 0.185. The predicted octanol–water partition coefficient (Wildman–Crippen LogP) is 2.88. The molecule has 0 unspecified atom stereocenters. The van der Waals surface area contributed by atoms with Crippen LogP contribution in [-0.2, 0) is 19.4 Å². The summed E-state index contributed by atoms with van der Waals surface area (Å²) in [6, 6.07) is 3.50. The lowest BCUT2D eigenvalue weighted by atomic mass is 9.90. The first kappa shape index (κ1) is 16.4. The first-order valence-electron chi connectivity index (χ1n) is 9.54. The average Bonchev–Trinajstić information content (AvgIpc) is 3.33. The number of hydrogen-bond donors (Lipinski definition) is 1. The summed E-state index contributed by atoms with van der Waals surface area (Å²) in [6.07, 6.45) is 6.72. The molecule has 1 N–H and O–H groups in total. The number of carboxylic acid groups (broad SMARTS) is 1. The lowest BCUT2D eigenvalue weighted by molar-refractivity contribution is 0.0694. The highest BCUT2D eigenvalue weighted by Gasteiger charge is 2.29. The number of carboxylic acids is 1. The second-order valence-corrected chi connectivity index (χ2v) is 7.58. The van der Waals surface area contributed by atoms with E-state index in [-0.39, 0.29) is 5.56 Å². The molecule has 2 aromatic rings. The normalized spacial score (nSPS) is 16.9. The van der Waals surface area contributed by atoms with Gasteiger partial charge in [0.15, 0.2) is 16.9 Å².